The van der Waals surface area contributed by atoms with Gasteiger partial charge in [-0.1, -0.05) is 90.9 Å². The van der Waals surface area contributed by atoms with E-state index >= 15 is 0 Å². The van der Waals surface area contributed by atoms with Gasteiger partial charge in [0.1, 0.15) is 17.3 Å². The molecule has 168 valence electrons. The summed E-state index contributed by atoms with van der Waals surface area (Å²) in [4.78, 5) is 0. The van der Waals surface area contributed by atoms with Crippen LogP contribution in [0.3, 0.4) is 0 Å². The standard InChI is InChI=1S/C26H53OS/c1-3-5-23-28(24-6-4-2)25-18-16-14-12-10-8-7-9-11-13-15-17-20-26-21-19-22-27-26/h26H,3-25H2,1-2H3/q+1. The van der Waals surface area contributed by atoms with Crippen LogP contribution in [0.2, 0.25) is 0 Å². The molecule has 0 saturated carbocycles. The second-order valence-corrected chi connectivity index (χ2v) is 11.5. The summed E-state index contributed by atoms with van der Waals surface area (Å²) in [5.74, 6) is 4.57. The summed E-state index contributed by atoms with van der Waals surface area (Å²) in [6.07, 6.45) is 27.8. The Morgan fingerprint density at radius 2 is 1.07 bits per heavy atom. The van der Waals surface area contributed by atoms with Gasteiger partial charge in [0.25, 0.3) is 0 Å². The molecule has 0 aromatic carbocycles. The van der Waals surface area contributed by atoms with Crippen LogP contribution in [0.25, 0.3) is 0 Å². The zero-order chi connectivity index (χ0) is 20.1. The Labute approximate surface area is 181 Å². The normalized spacial score (nSPS) is 17.0. The van der Waals surface area contributed by atoms with E-state index in [0.29, 0.717) is 6.10 Å². The van der Waals surface area contributed by atoms with Crippen molar-refractivity contribution in [3.63, 3.8) is 0 Å². The van der Waals surface area contributed by atoms with Crippen LogP contribution in [0.5, 0.6) is 0 Å². The van der Waals surface area contributed by atoms with Crippen molar-refractivity contribution in [3.05, 3.63) is 0 Å². The van der Waals surface area contributed by atoms with E-state index in [0.717, 1.165) is 17.5 Å². The second kappa shape index (κ2) is 20.6. The Morgan fingerprint density at radius 3 is 1.54 bits per heavy atom. The molecule has 1 aliphatic rings. The molecule has 0 amide bonds. The van der Waals surface area contributed by atoms with Crippen molar-refractivity contribution in [1.29, 1.82) is 0 Å². The molecule has 0 aromatic heterocycles. The summed E-state index contributed by atoms with van der Waals surface area (Å²) < 4.78 is 5.70. The minimum Gasteiger partial charge on any atom is -0.378 e. The topological polar surface area (TPSA) is 9.23 Å². The maximum atomic E-state index is 5.70. The van der Waals surface area contributed by atoms with Gasteiger partial charge in [0.15, 0.2) is 0 Å². The number of unbranched alkanes of at least 4 members (excludes halogenated alkanes) is 13. The molecule has 2 heteroatoms. The van der Waals surface area contributed by atoms with Crippen LogP contribution in [0.1, 0.15) is 136 Å². The first-order chi connectivity index (χ1) is 13.9. The molecule has 0 spiro atoms. The van der Waals surface area contributed by atoms with E-state index in [9.17, 15) is 0 Å². The first kappa shape index (κ1) is 26.3. The molecule has 1 nitrogen and oxygen atoms in total. The lowest BCUT2D eigenvalue weighted by molar-refractivity contribution is 0.102. The lowest BCUT2D eigenvalue weighted by Gasteiger charge is -2.08. The Morgan fingerprint density at radius 1 is 0.607 bits per heavy atom. The third-order valence-corrected chi connectivity index (χ3v) is 8.90. The molecule has 0 radical (unpaired) electrons. The molecule has 1 unspecified atom stereocenters. The van der Waals surface area contributed by atoms with Crippen molar-refractivity contribution >= 4 is 10.9 Å². The predicted molar refractivity (Wildman–Crippen MR) is 131 cm³/mol. The first-order valence-electron chi connectivity index (χ1n) is 13.1. The lowest BCUT2D eigenvalue weighted by atomic mass is 10.0. The molecule has 0 aromatic rings. The zero-order valence-corrected chi connectivity index (χ0v) is 20.5. The smallest absolute Gasteiger partial charge is 0.108 e. The minimum absolute atomic E-state index is 0.610. The van der Waals surface area contributed by atoms with Gasteiger partial charge in [0.05, 0.1) is 6.10 Å². The Kier molecular flexibility index (Phi) is 19.4. The molecule has 1 aliphatic heterocycles. The van der Waals surface area contributed by atoms with Crippen LogP contribution >= 0.6 is 0 Å². The highest BCUT2D eigenvalue weighted by atomic mass is 32.2. The molecular formula is C26H53OS+. The Hall–Kier alpha value is 0.310. The average Bonchev–Trinajstić information content (AvgIpc) is 3.23. The Bertz CT molecular complexity index is 293. The van der Waals surface area contributed by atoms with Gasteiger partial charge in [0.2, 0.25) is 0 Å². The van der Waals surface area contributed by atoms with Crippen LogP contribution in [-0.2, 0) is 15.6 Å². The van der Waals surface area contributed by atoms with Crippen molar-refractivity contribution < 1.29 is 4.74 Å². The van der Waals surface area contributed by atoms with Gasteiger partial charge in [-0.2, -0.15) is 0 Å². The van der Waals surface area contributed by atoms with Crippen molar-refractivity contribution in [2.24, 2.45) is 0 Å². The van der Waals surface area contributed by atoms with Crippen molar-refractivity contribution in [2.75, 3.05) is 23.9 Å². The van der Waals surface area contributed by atoms with Crippen LogP contribution < -0.4 is 0 Å². The fourth-order valence-corrected chi connectivity index (χ4v) is 6.94. The Balaban J connectivity index is 1.76. The average molecular weight is 414 g/mol. The lowest BCUT2D eigenvalue weighted by Crippen LogP contribution is -2.16. The number of hydrogen-bond donors (Lipinski definition) is 0. The van der Waals surface area contributed by atoms with Gasteiger partial charge >= 0.3 is 0 Å². The maximum Gasteiger partial charge on any atom is 0.108 e. The second-order valence-electron chi connectivity index (χ2n) is 9.10. The molecular weight excluding hydrogens is 360 g/mol. The van der Waals surface area contributed by atoms with E-state index in [1.165, 1.54) is 139 Å². The molecule has 0 bridgehead atoms. The molecule has 0 N–H and O–H groups in total. The van der Waals surface area contributed by atoms with Crippen LogP contribution in [0.15, 0.2) is 0 Å². The van der Waals surface area contributed by atoms with E-state index in [-0.39, 0.29) is 0 Å². The molecule has 1 saturated heterocycles. The minimum atomic E-state index is 0.610. The van der Waals surface area contributed by atoms with E-state index < -0.39 is 0 Å². The molecule has 1 heterocycles. The van der Waals surface area contributed by atoms with Gasteiger partial charge in [-0.25, -0.2) is 0 Å². The number of hydrogen-bond acceptors (Lipinski definition) is 1. The quantitative estimate of drug-likeness (QED) is 0.135. The van der Waals surface area contributed by atoms with E-state index in [1.54, 1.807) is 0 Å². The molecule has 28 heavy (non-hydrogen) atoms. The van der Waals surface area contributed by atoms with Crippen molar-refractivity contribution in [2.45, 2.75) is 142 Å². The molecule has 1 rings (SSSR count). The molecule has 1 fully saturated rings. The maximum absolute atomic E-state index is 5.70. The molecule has 1 atom stereocenters. The summed E-state index contributed by atoms with van der Waals surface area (Å²) >= 11 is 0. The zero-order valence-electron chi connectivity index (χ0n) is 19.7. The van der Waals surface area contributed by atoms with Gasteiger partial charge in [-0.3, -0.25) is 0 Å². The van der Waals surface area contributed by atoms with Gasteiger partial charge < -0.3 is 4.74 Å². The van der Waals surface area contributed by atoms with E-state index in [2.05, 4.69) is 13.8 Å². The summed E-state index contributed by atoms with van der Waals surface area (Å²) in [6, 6.07) is 0. The van der Waals surface area contributed by atoms with Crippen LogP contribution in [0, 0.1) is 0 Å². The number of ether oxygens (including phenoxy) is 1. The van der Waals surface area contributed by atoms with Gasteiger partial charge in [-0.15, -0.1) is 0 Å². The third kappa shape index (κ3) is 16.1. The fourth-order valence-electron chi connectivity index (χ4n) is 4.32. The molecule has 0 aliphatic carbocycles. The third-order valence-electron chi connectivity index (χ3n) is 6.31. The van der Waals surface area contributed by atoms with E-state index in [4.69, 9.17) is 4.74 Å². The highest BCUT2D eigenvalue weighted by Gasteiger charge is 2.16. The highest BCUT2D eigenvalue weighted by Crippen LogP contribution is 2.19. The van der Waals surface area contributed by atoms with Crippen molar-refractivity contribution in [3.8, 4) is 0 Å². The van der Waals surface area contributed by atoms with Gasteiger partial charge in [-0.05, 0) is 55.8 Å². The summed E-state index contributed by atoms with van der Waals surface area (Å²) in [5, 5.41) is 0. The summed E-state index contributed by atoms with van der Waals surface area (Å²) in [7, 11) is 0.752. The van der Waals surface area contributed by atoms with Crippen LogP contribution in [0.4, 0.5) is 0 Å². The highest BCUT2D eigenvalue weighted by molar-refractivity contribution is 7.96. The SMILES string of the molecule is CCCC[S+](CCCC)CCCCCCCCCCCCCCC1CCCO1. The fraction of sp³-hybridized carbons (Fsp3) is 1.00. The summed E-state index contributed by atoms with van der Waals surface area (Å²) in [5.41, 5.74) is 0. The number of rotatable bonds is 21. The van der Waals surface area contributed by atoms with Gasteiger partial charge in [0, 0.05) is 6.61 Å². The van der Waals surface area contributed by atoms with Crippen LogP contribution in [-0.4, -0.2) is 30.0 Å². The monoisotopic (exact) mass is 413 g/mol. The predicted octanol–water partition coefficient (Wildman–Crippen LogP) is 8.46. The first-order valence-corrected chi connectivity index (χ1v) is 14.9. The largest absolute Gasteiger partial charge is 0.378 e. The van der Waals surface area contributed by atoms with Crippen molar-refractivity contribution in [1.82, 2.24) is 0 Å². The summed E-state index contributed by atoms with van der Waals surface area (Å²) in [6.45, 7) is 5.70. The van der Waals surface area contributed by atoms with E-state index in [1.807, 2.05) is 0 Å².